The minimum Gasteiger partial charge on any atom is -0.0842 e. The van der Waals surface area contributed by atoms with Crippen molar-refractivity contribution in [2.45, 2.75) is 18.3 Å². The summed E-state index contributed by atoms with van der Waals surface area (Å²) in [6, 6.07) is 81.5. The van der Waals surface area contributed by atoms with Crippen LogP contribution in [0.3, 0.4) is 0 Å². The van der Waals surface area contributed by atoms with Crippen molar-refractivity contribution in [1.82, 2.24) is 0 Å². The number of allylic oxidation sites excluding steroid dienone is 4. The van der Waals surface area contributed by atoms with E-state index in [1.54, 1.807) is 0 Å². The highest BCUT2D eigenvalue weighted by Crippen LogP contribution is 2.66. The molecule has 0 bridgehead atoms. The summed E-state index contributed by atoms with van der Waals surface area (Å²) >= 11 is 0. The molecule has 0 heteroatoms. The zero-order valence-corrected chi connectivity index (χ0v) is 38.9. The summed E-state index contributed by atoms with van der Waals surface area (Å²) in [4.78, 5) is 0. The lowest BCUT2D eigenvalue weighted by atomic mass is 9.70. The SMILES string of the molecule is C1=CCCC(c2c3c(c(-c4ccccc4)c4ccccc24)-c2cccc4c(-c5ccc6cc7c(cc6c5)-c5cc6c(c8cccc-7c58)-c5ccccc5C65c6ccccc6-c6ccccc65)ccc-3c24)=C1. The average Bonchev–Trinajstić information content (AvgIpc) is 4.14. The van der Waals surface area contributed by atoms with E-state index in [0.29, 0.717) is 0 Å². The Morgan fingerprint density at radius 2 is 0.873 bits per heavy atom. The summed E-state index contributed by atoms with van der Waals surface area (Å²) in [6.07, 6.45) is 9.02. The Bertz CT molecular complexity index is 4450. The van der Waals surface area contributed by atoms with Crippen LogP contribution in [0.2, 0.25) is 0 Å². The van der Waals surface area contributed by atoms with E-state index in [1.807, 2.05) is 0 Å². The molecule has 0 saturated carbocycles. The first-order valence-corrected chi connectivity index (χ1v) is 25.3. The van der Waals surface area contributed by atoms with Crippen molar-refractivity contribution in [3.63, 3.8) is 0 Å². The first-order chi connectivity index (χ1) is 35.3. The molecular weight excluding hydrogens is 853 g/mol. The van der Waals surface area contributed by atoms with Crippen LogP contribution in [0.25, 0.3) is 138 Å². The highest BCUT2D eigenvalue weighted by Gasteiger charge is 2.52. The Morgan fingerprint density at radius 1 is 0.296 bits per heavy atom. The van der Waals surface area contributed by atoms with Crippen LogP contribution in [0.5, 0.6) is 0 Å². The monoisotopic (exact) mass is 894 g/mol. The van der Waals surface area contributed by atoms with Crippen LogP contribution in [0.15, 0.2) is 231 Å². The zero-order chi connectivity index (χ0) is 46.1. The molecule has 0 aromatic heterocycles. The maximum atomic E-state index is 2.60. The van der Waals surface area contributed by atoms with E-state index in [2.05, 4.69) is 231 Å². The molecule has 0 N–H and O–H groups in total. The first-order valence-electron chi connectivity index (χ1n) is 25.3. The van der Waals surface area contributed by atoms with Crippen molar-refractivity contribution in [2.75, 3.05) is 0 Å². The summed E-state index contributed by atoms with van der Waals surface area (Å²) in [5.74, 6) is 0. The van der Waals surface area contributed by atoms with E-state index in [-0.39, 0.29) is 0 Å². The van der Waals surface area contributed by atoms with Crippen molar-refractivity contribution in [3.8, 4) is 89.0 Å². The fourth-order valence-corrected chi connectivity index (χ4v) is 14.5. The van der Waals surface area contributed by atoms with Gasteiger partial charge >= 0.3 is 0 Å². The maximum Gasteiger partial charge on any atom is 0.0725 e. The molecule has 71 heavy (non-hydrogen) atoms. The summed E-state index contributed by atoms with van der Waals surface area (Å²) < 4.78 is 0. The maximum absolute atomic E-state index is 2.60. The zero-order valence-electron chi connectivity index (χ0n) is 38.9. The van der Waals surface area contributed by atoms with Gasteiger partial charge in [-0.1, -0.05) is 206 Å². The van der Waals surface area contributed by atoms with Gasteiger partial charge in [0.2, 0.25) is 0 Å². The molecule has 0 amide bonds. The van der Waals surface area contributed by atoms with Gasteiger partial charge in [-0.15, -0.1) is 0 Å². The molecule has 5 aliphatic rings. The van der Waals surface area contributed by atoms with Crippen molar-refractivity contribution >= 4 is 48.7 Å². The Balaban J connectivity index is 0.880. The Morgan fingerprint density at radius 3 is 1.65 bits per heavy atom. The molecule has 0 heterocycles. The second-order valence-electron chi connectivity index (χ2n) is 20.4. The topological polar surface area (TPSA) is 0 Å². The Labute approximate surface area is 412 Å². The van der Waals surface area contributed by atoms with Crippen molar-refractivity contribution in [1.29, 1.82) is 0 Å². The van der Waals surface area contributed by atoms with E-state index < -0.39 is 5.41 Å². The molecule has 12 aromatic rings. The molecule has 5 aliphatic carbocycles. The van der Waals surface area contributed by atoms with Crippen LogP contribution in [0.1, 0.15) is 40.7 Å². The third kappa shape index (κ3) is 4.71. The minimum absolute atomic E-state index is 0.401. The highest BCUT2D eigenvalue weighted by molar-refractivity contribution is 6.28. The van der Waals surface area contributed by atoms with Gasteiger partial charge in [0, 0.05) is 0 Å². The lowest BCUT2D eigenvalue weighted by molar-refractivity contribution is 0.795. The second-order valence-corrected chi connectivity index (χ2v) is 20.4. The number of hydrogen-bond acceptors (Lipinski definition) is 0. The summed E-state index contributed by atoms with van der Waals surface area (Å²) in [7, 11) is 0. The van der Waals surface area contributed by atoms with Crippen molar-refractivity contribution in [3.05, 3.63) is 258 Å². The summed E-state index contributed by atoms with van der Waals surface area (Å²) in [6.45, 7) is 0. The van der Waals surface area contributed by atoms with Gasteiger partial charge in [-0.05, 0) is 203 Å². The van der Waals surface area contributed by atoms with Crippen molar-refractivity contribution in [2.24, 2.45) is 0 Å². The molecular formula is C71H42. The summed E-state index contributed by atoms with van der Waals surface area (Å²) in [5.41, 5.74) is 29.2. The molecule has 0 unspecified atom stereocenters. The number of benzene rings is 12. The van der Waals surface area contributed by atoms with Gasteiger partial charge in [-0.3, -0.25) is 0 Å². The van der Waals surface area contributed by atoms with Gasteiger partial charge < -0.3 is 0 Å². The Kier molecular flexibility index (Phi) is 7.34. The van der Waals surface area contributed by atoms with Crippen LogP contribution >= 0.6 is 0 Å². The average molecular weight is 895 g/mol. The predicted molar refractivity (Wildman–Crippen MR) is 299 cm³/mol. The van der Waals surface area contributed by atoms with E-state index >= 15 is 0 Å². The fraction of sp³-hybridized carbons (Fsp3) is 0.0423. The number of fused-ring (bicyclic) bond motifs is 19. The summed E-state index contributed by atoms with van der Waals surface area (Å²) in [5, 5.41) is 10.6. The van der Waals surface area contributed by atoms with E-state index in [9.17, 15) is 0 Å². The number of rotatable bonds is 3. The molecule has 17 rings (SSSR count). The first kappa shape index (κ1) is 38.1. The third-order valence-corrected chi connectivity index (χ3v) is 17.2. The normalized spacial score (nSPS) is 14.5. The molecule has 0 radical (unpaired) electrons. The molecule has 1 spiro atoms. The van der Waals surface area contributed by atoms with Crippen LogP contribution in [-0.4, -0.2) is 0 Å². The van der Waals surface area contributed by atoms with E-state index in [0.717, 1.165) is 12.8 Å². The smallest absolute Gasteiger partial charge is 0.0725 e. The molecule has 12 aromatic carbocycles. The highest BCUT2D eigenvalue weighted by atomic mass is 14.5. The van der Waals surface area contributed by atoms with Gasteiger partial charge in [-0.2, -0.15) is 0 Å². The van der Waals surface area contributed by atoms with Gasteiger partial charge in [0.25, 0.3) is 0 Å². The van der Waals surface area contributed by atoms with Gasteiger partial charge in [-0.25, -0.2) is 0 Å². The van der Waals surface area contributed by atoms with Gasteiger partial charge in [0.05, 0.1) is 5.41 Å². The van der Waals surface area contributed by atoms with Gasteiger partial charge in [0.15, 0.2) is 0 Å². The fourth-order valence-electron chi connectivity index (χ4n) is 14.5. The third-order valence-electron chi connectivity index (χ3n) is 17.2. The molecule has 0 atom stereocenters. The van der Waals surface area contributed by atoms with Crippen molar-refractivity contribution < 1.29 is 0 Å². The van der Waals surface area contributed by atoms with Crippen LogP contribution < -0.4 is 0 Å². The van der Waals surface area contributed by atoms with E-state index in [4.69, 9.17) is 0 Å². The quantitative estimate of drug-likeness (QED) is 0.166. The molecule has 0 saturated heterocycles. The molecule has 0 aliphatic heterocycles. The number of hydrogen-bond donors (Lipinski definition) is 0. The predicted octanol–water partition coefficient (Wildman–Crippen LogP) is 19.0. The second kappa shape index (κ2) is 13.7. The standard InChI is InChI=1S/C71H42/c1-3-17-41(18-4-1)64-50-23-7-8-24-51(50)65(42-19-5-2-6-20-42)70-56-36-35-46(49-26-15-29-55(66(49)56)69(64)70)44-34-33-43-38-57-52-27-16-28-54-67(52)59(58(57)39-45(43)37-44)40-63-68(54)53-25-11-14-32-62(53)71(63)60-30-12-9-21-47(60)48-22-10-13-31-61(48)71/h1-5,7-19,21-40H,6,20H2. The lowest BCUT2D eigenvalue weighted by Gasteiger charge is -2.30. The van der Waals surface area contributed by atoms with Gasteiger partial charge in [0.1, 0.15) is 0 Å². The lowest BCUT2D eigenvalue weighted by Crippen LogP contribution is -2.25. The van der Waals surface area contributed by atoms with E-state index in [1.165, 1.54) is 165 Å². The van der Waals surface area contributed by atoms with Crippen LogP contribution in [0, 0.1) is 0 Å². The molecule has 0 nitrogen and oxygen atoms in total. The largest absolute Gasteiger partial charge is 0.0842 e. The minimum atomic E-state index is -0.401. The molecule has 0 fully saturated rings. The molecule has 326 valence electrons. The Hall–Kier alpha value is -8.84. The van der Waals surface area contributed by atoms with Crippen LogP contribution in [-0.2, 0) is 5.41 Å². The van der Waals surface area contributed by atoms with Crippen LogP contribution in [0.4, 0.5) is 0 Å².